The molecule has 1 aliphatic heterocycles. The standard InChI is InChI=1S/C19H19N3O2/c23-19(11-22-13-21-16-6-2-3-7-17(16)22)20-10-14-9-15-5-1-4-8-18(15)24-12-14/h1-8,13-14H,9-12H2,(H,20,23)/t14-/m1/s1. The number of ether oxygens (including phenoxy) is 1. The average Bonchev–Trinajstić information content (AvgIpc) is 3.03. The molecule has 122 valence electrons. The van der Waals surface area contributed by atoms with Crippen molar-refractivity contribution in [3.05, 3.63) is 60.4 Å². The number of carbonyl (C=O) groups excluding carboxylic acids is 1. The van der Waals surface area contributed by atoms with E-state index in [1.807, 2.05) is 47.0 Å². The molecule has 1 aliphatic rings. The van der Waals surface area contributed by atoms with E-state index in [1.54, 1.807) is 6.33 Å². The minimum Gasteiger partial charge on any atom is -0.493 e. The fourth-order valence-electron chi connectivity index (χ4n) is 3.13. The van der Waals surface area contributed by atoms with Gasteiger partial charge in [-0.05, 0) is 30.2 Å². The summed E-state index contributed by atoms with van der Waals surface area (Å²) in [7, 11) is 0. The molecule has 0 spiro atoms. The molecule has 1 amide bonds. The van der Waals surface area contributed by atoms with Crippen molar-refractivity contribution in [3.8, 4) is 5.75 Å². The third-order valence-corrected chi connectivity index (χ3v) is 4.38. The summed E-state index contributed by atoms with van der Waals surface area (Å²) in [6, 6.07) is 15.9. The molecule has 4 rings (SSSR count). The van der Waals surface area contributed by atoms with Crippen LogP contribution in [0.25, 0.3) is 11.0 Å². The number of rotatable bonds is 4. The van der Waals surface area contributed by atoms with E-state index >= 15 is 0 Å². The first-order chi connectivity index (χ1) is 11.8. The van der Waals surface area contributed by atoms with Crippen molar-refractivity contribution in [3.63, 3.8) is 0 Å². The zero-order chi connectivity index (χ0) is 16.4. The van der Waals surface area contributed by atoms with Gasteiger partial charge in [-0.1, -0.05) is 30.3 Å². The summed E-state index contributed by atoms with van der Waals surface area (Å²) in [5, 5.41) is 3.02. The van der Waals surface area contributed by atoms with Crippen LogP contribution < -0.4 is 10.1 Å². The predicted octanol–water partition coefficient (Wildman–Crippen LogP) is 2.40. The second-order valence-corrected chi connectivity index (χ2v) is 6.15. The van der Waals surface area contributed by atoms with Crippen molar-refractivity contribution in [2.24, 2.45) is 5.92 Å². The second kappa shape index (κ2) is 6.35. The Hall–Kier alpha value is -2.82. The van der Waals surface area contributed by atoms with Crippen LogP contribution in [-0.4, -0.2) is 28.6 Å². The minimum atomic E-state index is -0.00277. The second-order valence-electron chi connectivity index (χ2n) is 6.15. The summed E-state index contributed by atoms with van der Waals surface area (Å²) in [6.07, 6.45) is 2.65. The van der Waals surface area contributed by atoms with Crippen LogP contribution in [0.3, 0.4) is 0 Å². The van der Waals surface area contributed by atoms with Gasteiger partial charge in [0.25, 0.3) is 0 Å². The van der Waals surface area contributed by atoms with E-state index in [-0.39, 0.29) is 12.5 Å². The molecule has 5 nitrogen and oxygen atoms in total. The van der Waals surface area contributed by atoms with E-state index in [1.165, 1.54) is 5.56 Å². The first-order valence-electron chi connectivity index (χ1n) is 8.17. The first-order valence-corrected chi connectivity index (χ1v) is 8.17. The highest BCUT2D eigenvalue weighted by atomic mass is 16.5. The summed E-state index contributed by atoms with van der Waals surface area (Å²) in [4.78, 5) is 16.6. The Bertz CT molecular complexity index is 872. The predicted molar refractivity (Wildman–Crippen MR) is 91.9 cm³/mol. The SMILES string of the molecule is O=C(Cn1cnc2ccccc21)NC[C@@H]1COc2ccccc2C1. The first kappa shape index (κ1) is 14.8. The molecule has 24 heavy (non-hydrogen) atoms. The van der Waals surface area contributed by atoms with E-state index in [9.17, 15) is 4.79 Å². The van der Waals surface area contributed by atoms with Crippen LogP contribution >= 0.6 is 0 Å². The van der Waals surface area contributed by atoms with E-state index in [4.69, 9.17) is 4.74 Å². The molecule has 0 bridgehead atoms. The molecule has 5 heteroatoms. The van der Waals surface area contributed by atoms with E-state index in [0.717, 1.165) is 23.2 Å². The summed E-state index contributed by atoms with van der Waals surface area (Å²) < 4.78 is 7.64. The quantitative estimate of drug-likeness (QED) is 0.803. The molecule has 3 aromatic rings. The molecule has 2 aromatic carbocycles. The van der Waals surface area contributed by atoms with Gasteiger partial charge in [-0.2, -0.15) is 0 Å². The third-order valence-electron chi connectivity index (χ3n) is 4.38. The number of aromatic nitrogens is 2. The van der Waals surface area contributed by atoms with Crippen molar-refractivity contribution < 1.29 is 9.53 Å². The number of imidazole rings is 1. The fourth-order valence-corrected chi connectivity index (χ4v) is 3.13. The maximum Gasteiger partial charge on any atom is 0.240 e. The average molecular weight is 321 g/mol. The smallest absolute Gasteiger partial charge is 0.240 e. The molecule has 0 saturated carbocycles. The Balaban J connectivity index is 1.34. The Labute approximate surface area is 140 Å². The minimum absolute atomic E-state index is 0.00277. The van der Waals surface area contributed by atoms with Crippen molar-refractivity contribution in [2.75, 3.05) is 13.2 Å². The number of para-hydroxylation sites is 3. The largest absolute Gasteiger partial charge is 0.493 e. The van der Waals surface area contributed by atoms with Crippen molar-refractivity contribution >= 4 is 16.9 Å². The number of benzene rings is 2. The highest BCUT2D eigenvalue weighted by molar-refractivity contribution is 5.80. The summed E-state index contributed by atoms with van der Waals surface area (Å²) in [5.41, 5.74) is 3.09. The van der Waals surface area contributed by atoms with E-state index < -0.39 is 0 Å². The van der Waals surface area contributed by atoms with Crippen LogP contribution in [0.5, 0.6) is 5.75 Å². The zero-order valence-corrected chi connectivity index (χ0v) is 13.3. The lowest BCUT2D eigenvalue weighted by Crippen LogP contribution is -2.36. The van der Waals surface area contributed by atoms with Gasteiger partial charge >= 0.3 is 0 Å². The van der Waals surface area contributed by atoms with Gasteiger partial charge in [-0.3, -0.25) is 4.79 Å². The lowest BCUT2D eigenvalue weighted by atomic mass is 9.97. The van der Waals surface area contributed by atoms with Crippen molar-refractivity contribution in [1.82, 2.24) is 14.9 Å². The third kappa shape index (κ3) is 2.97. The lowest BCUT2D eigenvalue weighted by molar-refractivity contribution is -0.121. The Morgan fingerprint density at radius 1 is 1.21 bits per heavy atom. The number of hydrogen-bond donors (Lipinski definition) is 1. The van der Waals surface area contributed by atoms with Crippen LogP contribution in [0.4, 0.5) is 0 Å². The van der Waals surface area contributed by atoms with Gasteiger partial charge in [0.05, 0.1) is 24.0 Å². The zero-order valence-electron chi connectivity index (χ0n) is 13.3. The highest BCUT2D eigenvalue weighted by Crippen LogP contribution is 2.26. The molecular formula is C19H19N3O2. The van der Waals surface area contributed by atoms with Crippen LogP contribution in [-0.2, 0) is 17.8 Å². The molecule has 1 aromatic heterocycles. The molecule has 0 radical (unpaired) electrons. The molecule has 1 N–H and O–H groups in total. The van der Waals surface area contributed by atoms with Gasteiger partial charge in [0, 0.05) is 12.5 Å². The van der Waals surface area contributed by atoms with Crippen LogP contribution in [0.1, 0.15) is 5.56 Å². The molecule has 1 atom stereocenters. The van der Waals surface area contributed by atoms with Crippen molar-refractivity contribution in [2.45, 2.75) is 13.0 Å². The lowest BCUT2D eigenvalue weighted by Gasteiger charge is -2.25. The Kier molecular flexibility index (Phi) is 3.91. The highest BCUT2D eigenvalue weighted by Gasteiger charge is 2.20. The van der Waals surface area contributed by atoms with E-state index in [2.05, 4.69) is 16.4 Å². The fraction of sp³-hybridized carbons (Fsp3) is 0.263. The van der Waals surface area contributed by atoms with Crippen LogP contribution in [0.2, 0.25) is 0 Å². The van der Waals surface area contributed by atoms with Gasteiger partial charge in [-0.25, -0.2) is 4.98 Å². The van der Waals surface area contributed by atoms with Crippen LogP contribution in [0.15, 0.2) is 54.9 Å². The van der Waals surface area contributed by atoms with Gasteiger partial charge < -0.3 is 14.6 Å². The Morgan fingerprint density at radius 3 is 3.00 bits per heavy atom. The summed E-state index contributed by atoms with van der Waals surface area (Å²) >= 11 is 0. The Morgan fingerprint density at radius 2 is 2.04 bits per heavy atom. The molecule has 0 fully saturated rings. The molecule has 0 saturated heterocycles. The monoisotopic (exact) mass is 321 g/mol. The molecular weight excluding hydrogens is 302 g/mol. The van der Waals surface area contributed by atoms with Gasteiger partial charge in [0.15, 0.2) is 0 Å². The van der Waals surface area contributed by atoms with Gasteiger partial charge in [0.1, 0.15) is 12.3 Å². The summed E-state index contributed by atoms with van der Waals surface area (Å²) in [6.45, 7) is 1.55. The number of hydrogen-bond acceptors (Lipinski definition) is 3. The molecule has 2 heterocycles. The molecule has 0 unspecified atom stereocenters. The number of fused-ring (bicyclic) bond motifs is 2. The number of nitrogens with one attached hydrogen (secondary N) is 1. The topological polar surface area (TPSA) is 56.2 Å². The van der Waals surface area contributed by atoms with Gasteiger partial charge in [-0.15, -0.1) is 0 Å². The van der Waals surface area contributed by atoms with Crippen LogP contribution in [0, 0.1) is 5.92 Å². The summed E-state index contributed by atoms with van der Waals surface area (Å²) in [5.74, 6) is 1.27. The van der Waals surface area contributed by atoms with E-state index in [0.29, 0.717) is 19.1 Å². The normalized spacial score (nSPS) is 16.4. The maximum absolute atomic E-state index is 12.2. The molecule has 0 aliphatic carbocycles. The number of carbonyl (C=O) groups is 1. The maximum atomic E-state index is 12.2. The number of amides is 1. The van der Waals surface area contributed by atoms with Gasteiger partial charge in [0.2, 0.25) is 5.91 Å². The van der Waals surface area contributed by atoms with Crippen molar-refractivity contribution in [1.29, 1.82) is 0 Å². The number of nitrogens with zero attached hydrogens (tertiary/aromatic N) is 2.